The smallest absolute Gasteiger partial charge is 0.347 e. The summed E-state index contributed by atoms with van der Waals surface area (Å²) >= 11 is 0.889. The Morgan fingerprint density at radius 1 is 1.30 bits per heavy atom. The minimum Gasteiger partial charge on any atom is -0.496 e. The van der Waals surface area contributed by atoms with Crippen molar-refractivity contribution in [3.05, 3.63) is 39.6 Å². The molecule has 0 fully saturated rings. The second-order valence-corrected chi connectivity index (χ2v) is 9.22. The van der Waals surface area contributed by atoms with Crippen molar-refractivity contribution < 1.29 is 23.1 Å². The summed E-state index contributed by atoms with van der Waals surface area (Å²) in [5.74, 6) is -0.516. The van der Waals surface area contributed by atoms with E-state index in [-0.39, 0.29) is 9.77 Å². The highest BCUT2D eigenvalue weighted by atomic mass is 32.2. The summed E-state index contributed by atoms with van der Waals surface area (Å²) in [6.07, 6.45) is 2.38. The molecule has 1 aromatic heterocycles. The molecule has 146 valence electrons. The van der Waals surface area contributed by atoms with Gasteiger partial charge in [-0.15, -0.1) is 11.3 Å². The number of benzene rings is 1. The Bertz CT molecular complexity index is 966. The number of rotatable bonds is 6. The molecule has 9 heteroatoms. The van der Waals surface area contributed by atoms with E-state index < -0.39 is 16.0 Å². The van der Waals surface area contributed by atoms with Crippen molar-refractivity contribution in [2.45, 2.75) is 30.2 Å². The molecule has 0 radical (unpaired) electrons. The quantitative estimate of drug-likeness (QED) is 0.760. The third kappa shape index (κ3) is 3.80. The number of carboxylic acids is 1. The van der Waals surface area contributed by atoms with E-state index in [0.717, 1.165) is 41.1 Å². The number of sulfonamides is 1. The Morgan fingerprint density at radius 3 is 2.67 bits per heavy atom. The Labute approximate surface area is 162 Å². The molecule has 0 saturated heterocycles. The number of aromatic carboxylic acids is 1. The normalized spacial score (nSPS) is 16.8. The number of hydrogen-bond acceptors (Lipinski definition) is 6. The lowest BCUT2D eigenvalue weighted by Gasteiger charge is -2.32. The van der Waals surface area contributed by atoms with Gasteiger partial charge < -0.3 is 14.7 Å². The lowest BCUT2D eigenvalue weighted by molar-refractivity contribution is 0.0698. The van der Waals surface area contributed by atoms with Gasteiger partial charge in [0.25, 0.3) is 10.0 Å². The van der Waals surface area contributed by atoms with E-state index in [0.29, 0.717) is 18.2 Å². The van der Waals surface area contributed by atoms with Crippen LogP contribution in [0.15, 0.2) is 28.5 Å². The van der Waals surface area contributed by atoms with Crippen LogP contribution in [0.25, 0.3) is 0 Å². The Morgan fingerprint density at radius 2 is 2.04 bits per heavy atom. The second-order valence-electron chi connectivity index (χ2n) is 6.66. The van der Waals surface area contributed by atoms with E-state index in [1.165, 1.54) is 11.4 Å². The molecule has 1 heterocycles. The molecule has 0 aliphatic heterocycles. The van der Waals surface area contributed by atoms with Gasteiger partial charge in [0.05, 0.1) is 12.8 Å². The SMILES string of the molecule is COc1ccc(NS(=O)(=O)c2ccsc2C(=O)O)c2c1C[C@@H](N(C)C)CC2. The first kappa shape index (κ1) is 19.7. The average molecular weight is 411 g/mol. The largest absolute Gasteiger partial charge is 0.496 e. The number of nitrogens with one attached hydrogen (secondary N) is 1. The van der Waals surface area contributed by atoms with Crippen LogP contribution in [0.5, 0.6) is 5.75 Å². The van der Waals surface area contributed by atoms with Gasteiger partial charge in [-0.05, 0) is 62.5 Å². The standard InChI is InChI=1S/C18H22N2O5S2/c1-20(2)11-4-5-12-13(10-11)15(25-3)7-6-14(12)19-27(23,24)16-8-9-26-17(16)18(21)22/h6-9,11,19H,4-5,10H2,1-3H3,(H,21,22)/t11-/m0/s1. The second kappa shape index (κ2) is 7.49. The summed E-state index contributed by atoms with van der Waals surface area (Å²) in [7, 11) is 1.65. The third-order valence-electron chi connectivity index (χ3n) is 4.86. The number of nitrogens with zero attached hydrogens (tertiary/aromatic N) is 1. The fraction of sp³-hybridized carbons (Fsp3) is 0.389. The summed E-state index contributed by atoms with van der Waals surface area (Å²) in [5, 5.41) is 10.7. The predicted octanol–water partition coefficient (Wildman–Crippen LogP) is 2.67. The van der Waals surface area contributed by atoms with E-state index in [9.17, 15) is 18.3 Å². The predicted molar refractivity (Wildman–Crippen MR) is 105 cm³/mol. The first-order chi connectivity index (χ1) is 12.7. The van der Waals surface area contributed by atoms with Crippen LogP contribution in [0.4, 0.5) is 5.69 Å². The molecule has 2 N–H and O–H groups in total. The highest BCUT2D eigenvalue weighted by Crippen LogP contribution is 2.37. The molecular formula is C18H22N2O5S2. The first-order valence-corrected chi connectivity index (χ1v) is 10.8. The zero-order valence-electron chi connectivity index (χ0n) is 15.4. The van der Waals surface area contributed by atoms with Crippen LogP contribution in [0, 0.1) is 0 Å². The Hall–Kier alpha value is -2.10. The van der Waals surface area contributed by atoms with Crippen molar-refractivity contribution in [3.63, 3.8) is 0 Å². The molecule has 0 unspecified atom stereocenters. The summed E-state index contributed by atoms with van der Waals surface area (Å²) in [4.78, 5) is 13.0. The highest BCUT2D eigenvalue weighted by Gasteiger charge is 2.29. The van der Waals surface area contributed by atoms with E-state index >= 15 is 0 Å². The van der Waals surface area contributed by atoms with Gasteiger partial charge in [0.2, 0.25) is 0 Å². The topological polar surface area (TPSA) is 95.9 Å². The van der Waals surface area contributed by atoms with Gasteiger partial charge in [-0.1, -0.05) is 0 Å². The monoisotopic (exact) mass is 410 g/mol. The molecule has 0 spiro atoms. The van der Waals surface area contributed by atoms with E-state index in [2.05, 4.69) is 9.62 Å². The number of anilines is 1. The summed E-state index contributed by atoms with van der Waals surface area (Å²) < 4.78 is 33.6. The van der Waals surface area contributed by atoms with Crippen LogP contribution in [0.1, 0.15) is 27.2 Å². The lowest BCUT2D eigenvalue weighted by Crippen LogP contribution is -2.34. The van der Waals surface area contributed by atoms with Crippen LogP contribution in [-0.4, -0.2) is 51.6 Å². The van der Waals surface area contributed by atoms with E-state index in [1.807, 2.05) is 14.1 Å². The molecule has 0 amide bonds. The zero-order chi connectivity index (χ0) is 19.8. The molecule has 1 atom stereocenters. The molecule has 27 heavy (non-hydrogen) atoms. The number of ether oxygens (including phenoxy) is 1. The maximum atomic E-state index is 12.8. The minimum atomic E-state index is -4.00. The van der Waals surface area contributed by atoms with Crippen molar-refractivity contribution in [1.29, 1.82) is 0 Å². The maximum Gasteiger partial charge on any atom is 0.347 e. The molecule has 1 aliphatic carbocycles. The van der Waals surface area contributed by atoms with Crippen molar-refractivity contribution >= 4 is 33.0 Å². The van der Waals surface area contributed by atoms with Crippen LogP contribution in [0.2, 0.25) is 0 Å². The fourth-order valence-corrected chi connectivity index (χ4v) is 5.78. The van der Waals surface area contributed by atoms with Gasteiger partial charge in [0, 0.05) is 11.6 Å². The van der Waals surface area contributed by atoms with Crippen molar-refractivity contribution in [2.75, 3.05) is 25.9 Å². The number of thiophene rings is 1. The van der Waals surface area contributed by atoms with E-state index in [1.54, 1.807) is 19.2 Å². The van der Waals surface area contributed by atoms with Gasteiger partial charge in [-0.25, -0.2) is 13.2 Å². The maximum absolute atomic E-state index is 12.8. The van der Waals surface area contributed by atoms with Gasteiger partial charge >= 0.3 is 5.97 Å². The molecular weight excluding hydrogens is 388 g/mol. The van der Waals surface area contributed by atoms with Gasteiger partial charge in [0.1, 0.15) is 15.5 Å². The number of hydrogen-bond donors (Lipinski definition) is 2. The van der Waals surface area contributed by atoms with Crippen LogP contribution in [0.3, 0.4) is 0 Å². The van der Waals surface area contributed by atoms with Crippen LogP contribution < -0.4 is 9.46 Å². The van der Waals surface area contributed by atoms with Crippen molar-refractivity contribution in [1.82, 2.24) is 4.90 Å². The zero-order valence-corrected chi connectivity index (χ0v) is 17.0. The van der Waals surface area contributed by atoms with Crippen LogP contribution >= 0.6 is 11.3 Å². The number of carbonyl (C=O) groups is 1. The van der Waals surface area contributed by atoms with Gasteiger partial charge in [-0.3, -0.25) is 4.72 Å². The molecule has 0 saturated carbocycles. The fourth-order valence-electron chi connectivity index (χ4n) is 3.42. The van der Waals surface area contributed by atoms with Crippen molar-refractivity contribution in [3.8, 4) is 5.75 Å². The Kier molecular flexibility index (Phi) is 5.45. The molecule has 3 rings (SSSR count). The van der Waals surface area contributed by atoms with E-state index in [4.69, 9.17) is 4.74 Å². The summed E-state index contributed by atoms with van der Waals surface area (Å²) in [6, 6.07) is 5.10. The third-order valence-corrected chi connectivity index (χ3v) is 7.30. The molecule has 2 aromatic rings. The van der Waals surface area contributed by atoms with Crippen LogP contribution in [-0.2, 0) is 22.9 Å². The number of fused-ring (bicyclic) bond motifs is 1. The molecule has 0 bridgehead atoms. The molecule has 1 aliphatic rings. The average Bonchev–Trinajstić information content (AvgIpc) is 3.12. The van der Waals surface area contributed by atoms with Gasteiger partial charge in [-0.2, -0.15) is 0 Å². The lowest BCUT2D eigenvalue weighted by atomic mass is 9.86. The number of methoxy groups -OCH3 is 1. The molecule has 7 nitrogen and oxygen atoms in total. The summed E-state index contributed by atoms with van der Waals surface area (Å²) in [6.45, 7) is 0. The van der Waals surface area contributed by atoms with Gasteiger partial charge in [0.15, 0.2) is 0 Å². The minimum absolute atomic E-state index is 0.197. The number of carboxylic acid groups (broad SMARTS) is 1. The van der Waals surface area contributed by atoms with Crippen molar-refractivity contribution in [2.24, 2.45) is 0 Å². The first-order valence-electron chi connectivity index (χ1n) is 8.43. The Balaban J connectivity index is 2.00. The number of likely N-dealkylation sites (N-methyl/N-ethyl adjacent to an activating group) is 1. The molecule has 1 aromatic carbocycles. The highest BCUT2D eigenvalue weighted by molar-refractivity contribution is 7.93. The summed E-state index contributed by atoms with van der Waals surface area (Å²) in [5.41, 5.74) is 2.38.